The van der Waals surface area contributed by atoms with E-state index in [0.29, 0.717) is 33.5 Å². The number of carboxylic acids is 1. The normalized spacial score (nSPS) is 12.8. The quantitative estimate of drug-likeness (QED) is 0.230. The average molecular weight is 566 g/mol. The summed E-state index contributed by atoms with van der Waals surface area (Å²) in [6.45, 7) is 4.83. The monoisotopic (exact) mass is 565 g/mol. The highest BCUT2D eigenvalue weighted by Gasteiger charge is 2.30. The lowest BCUT2D eigenvalue weighted by molar-refractivity contribution is -0.139. The number of carbonyl (C=O) groups is 2. The lowest BCUT2D eigenvalue weighted by Gasteiger charge is -2.34. The summed E-state index contributed by atoms with van der Waals surface area (Å²) < 4.78 is 35.9. The molecule has 40 heavy (non-hydrogen) atoms. The number of aryl methyl sites for hydroxylation is 1. The molecule has 2 unspecified atom stereocenters. The van der Waals surface area contributed by atoms with Crippen molar-refractivity contribution in [3.05, 3.63) is 77.6 Å². The molecule has 0 spiro atoms. The van der Waals surface area contributed by atoms with Crippen LogP contribution in [0.15, 0.2) is 65.1 Å². The Labute approximate surface area is 233 Å². The number of rotatable bonds is 10. The molecule has 0 fully saturated rings. The molecule has 0 saturated heterocycles. The summed E-state index contributed by atoms with van der Waals surface area (Å²) in [4.78, 5) is 24.7. The molecule has 3 aromatic carbocycles. The number of amides is 1. The van der Waals surface area contributed by atoms with E-state index in [0.717, 1.165) is 15.4 Å². The molecule has 1 heterocycles. The maximum absolute atomic E-state index is 13.0. The number of methoxy groups -OCH3 is 1. The minimum Gasteiger partial charge on any atom is -0.755 e. The largest absolute Gasteiger partial charge is 0.755 e. The van der Waals surface area contributed by atoms with Crippen molar-refractivity contribution in [3.8, 4) is 16.9 Å². The maximum Gasteiger partial charge on any atom is 0.327 e. The van der Waals surface area contributed by atoms with Crippen LogP contribution in [0.3, 0.4) is 0 Å². The SMILES string of the molecule is COc1c(CO)ccc2oc(C(=O)Nc3ccc(-c4ccc(N(C(C(=O)O)C(C)C)S(=O)[O-])cc4)cc3)c(C)c12. The first-order chi connectivity index (χ1) is 19.1. The highest BCUT2D eigenvalue weighted by molar-refractivity contribution is 7.80. The van der Waals surface area contributed by atoms with Gasteiger partial charge in [-0.15, -0.1) is 0 Å². The van der Waals surface area contributed by atoms with Gasteiger partial charge in [-0.05, 0) is 60.4 Å². The first-order valence-electron chi connectivity index (χ1n) is 12.4. The van der Waals surface area contributed by atoms with Gasteiger partial charge in [-0.3, -0.25) is 13.3 Å². The van der Waals surface area contributed by atoms with E-state index in [-0.39, 0.29) is 18.1 Å². The van der Waals surface area contributed by atoms with E-state index in [2.05, 4.69) is 5.32 Å². The van der Waals surface area contributed by atoms with Crippen LogP contribution in [0.2, 0.25) is 0 Å². The Balaban J connectivity index is 1.53. The van der Waals surface area contributed by atoms with E-state index >= 15 is 0 Å². The number of aliphatic hydroxyl groups excluding tert-OH is 1. The van der Waals surface area contributed by atoms with Crippen LogP contribution >= 0.6 is 0 Å². The van der Waals surface area contributed by atoms with Crippen molar-refractivity contribution in [2.45, 2.75) is 33.4 Å². The number of anilines is 2. The Hall–Kier alpha value is -4.19. The number of nitrogens with one attached hydrogen (secondary N) is 1. The van der Waals surface area contributed by atoms with Crippen molar-refractivity contribution in [1.82, 2.24) is 0 Å². The van der Waals surface area contributed by atoms with Gasteiger partial charge < -0.3 is 29.2 Å². The van der Waals surface area contributed by atoms with E-state index < -0.39 is 35.1 Å². The fourth-order valence-electron chi connectivity index (χ4n) is 4.65. The summed E-state index contributed by atoms with van der Waals surface area (Å²) in [7, 11) is 1.49. The highest BCUT2D eigenvalue weighted by atomic mass is 32.2. The second kappa shape index (κ2) is 11.9. The number of hydrogen-bond donors (Lipinski definition) is 3. The third-order valence-corrected chi connectivity index (χ3v) is 7.36. The molecule has 11 heteroatoms. The molecule has 2 atom stereocenters. The van der Waals surface area contributed by atoms with Crippen LogP contribution in [0.4, 0.5) is 11.4 Å². The number of nitrogens with zero attached hydrogens (tertiary/aromatic N) is 1. The van der Waals surface area contributed by atoms with Gasteiger partial charge in [0, 0.05) is 33.8 Å². The van der Waals surface area contributed by atoms with Crippen molar-refractivity contribution in [2.75, 3.05) is 16.7 Å². The molecule has 4 aromatic rings. The number of carbonyl (C=O) groups excluding carboxylic acids is 1. The Kier molecular flexibility index (Phi) is 8.58. The van der Waals surface area contributed by atoms with Crippen LogP contribution in [0.5, 0.6) is 5.75 Å². The standard InChI is InChI=1S/C29H30N2O8S/c1-16(2)25(29(34)35)31(40(36)37)22-12-7-19(8-13-22)18-5-10-21(11-6-18)30-28(33)26-17(3)24-23(39-26)14-9-20(15-32)27(24)38-4/h5-14,16,25,32H,15H2,1-4H3,(H,30,33)(H,34,35)(H,36,37)/p-1. The Morgan fingerprint density at radius 3 is 2.15 bits per heavy atom. The van der Waals surface area contributed by atoms with Gasteiger partial charge >= 0.3 is 5.97 Å². The van der Waals surface area contributed by atoms with Gasteiger partial charge in [0.1, 0.15) is 17.4 Å². The van der Waals surface area contributed by atoms with Crippen molar-refractivity contribution in [1.29, 1.82) is 0 Å². The van der Waals surface area contributed by atoms with E-state index in [4.69, 9.17) is 9.15 Å². The summed E-state index contributed by atoms with van der Waals surface area (Å²) in [5.74, 6) is -1.52. The molecule has 3 N–H and O–H groups in total. The van der Waals surface area contributed by atoms with Crippen LogP contribution in [0.1, 0.15) is 35.5 Å². The number of furan rings is 1. The van der Waals surface area contributed by atoms with E-state index in [1.54, 1.807) is 81.4 Å². The summed E-state index contributed by atoms with van der Waals surface area (Å²) in [6.07, 6.45) is 0. The van der Waals surface area contributed by atoms with E-state index in [1.165, 1.54) is 7.11 Å². The zero-order valence-corrected chi connectivity index (χ0v) is 23.2. The van der Waals surface area contributed by atoms with Gasteiger partial charge in [-0.25, -0.2) is 4.79 Å². The molecule has 0 radical (unpaired) electrons. The molecule has 0 aliphatic rings. The number of benzene rings is 3. The minimum atomic E-state index is -2.78. The first-order valence-corrected chi connectivity index (χ1v) is 13.4. The Morgan fingerprint density at radius 2 is 1.65 bits per heavy atom. The van der Waals surface area contributed by atoms with Gasteiger partial charge in [-0.1, -0.05) is 38.1 Å². The van der Waals surface area contributed by atoms with Crippen molar-refractivity contribution < 1.29 is 37.7 Å². The van der Waals surface area contributed by atoms with Crippen molar-refractivity contribution in [3.63, 3.8) is 0 Å². The van der Waals surface area contributed by atoms with Crippen LogP contribution in [-0.4, -0.2) is 44.0 Å². The third kappa shape index (κ3) is 5.57. The van der Waals surface area contributed by atoms with Crippen LogP contribution < -0.4 is 14.4 Å². The fourth-order valence-corrected chi connectivity index (χ4v) is 5.47. The molecule has 10 nitrogen and oxygen atoms in total. The molecule has 1 aromatic heterocycles. The van der Waals surface area contributed by atoms with E-state index in [1.807, 2.05) is 0 Å². The summed E-state index contributed by atoms with van der Waals surface area (Å²) >= 11 is -2.78. The fraction of sp³-hybridized carbons (Fsp3) is 0.241. The predicted molar refractivity (Wildman–Crippen MR) is 151 cm³/mol. The van der Waals surface area contributed by atoms with Crippen molar-refractivity contribution >= 4 is 45.5 Å². The molecular weight excluding hydrogens is 536 g/mol. The molecule has 4 rings (SSSR count). The number of carboxylic acid groups (broad SMARTS) is 1. The molecule has 0 bridgehead atoms. The lowest BCUT2D eigenvalue weighted by atomic mass is 10.0. The summed E-state index contributed by atoms with van der Waals surface area (Å²) in [6, 6.07) is 15.7. The Morgan fingerprint density at radius 1 is 1.05 bits per heavy atom. The topological polar surface area (TPSA) is 152 Å². The molecular formula is C29H29N2O8S-. The predicted octanol–water partition coefficient (Wildman–Crippen LogP) is 4.87. The van der Waals surface area contributed by atoms with Gasteiger partial charge in [0.25, 0.3) is 5.91 Å². The van der Waals surface area contributed by atoms with Crippen molar-refractivity contribution in [2.24, 2.45) is 5.92 Å². The van der Waals surface area contributed by atoms with Gasteiger partial charge in [-0.2, -0.15) is 0 Å². The van der Waals surface area contributed by atoms with Crippen LogP contribution in [0.25, 0.3) is 22.1 Å². The number of aliphatic carboxylic acids is 1. The van der Waals surface area contributed by atoms with Gasteiger partial charge in [0.15, 0.2) is 5.76 Å². The molecule has 210 valence electrons. The minimum absolute atomic E-state index is 0.129. The molecule has 0 aliphatic heterocycles. The third-order valence-electron chi connectivity index (χ3n) is 6.60. The number of aliphatic hydroxyl groups is 1. The molecule has 0 aliphatic carbocycles. The summed E-state index contributed by atoms with van der Waals surface area (Å²) in [5.41, 5.74) is 4.00. The number of hydrogen-bond acceptors (Lipinski definition) is 7. The zero-order chi connectivity index (χ0) is 29.1. The summed E-state index contributed by atoms with van der Waals surface area (Å²) in [5, 5.41) is 22.6. The van der Waals surface area contributed by atoms with Crippen LogP contribution in [0, 0.1) is 12.8 Å². The van der Waals surface area contributed by atoms with E-state index in [9.17, 15) is 28.6 Å². The first kappa shape index (κ1) is 28.8. The second-order valence-corrected chi connectivity index (χ2v) is 10.3. The maximum atomic E-state index is 13.0. The zero-order valence-electron chi connectivity index (χ0n) is 22.3. The number of fused-ring (bicyclic) bond motifs is 1. The van der Waals surface area contributed by atoms with Crippen LogP contribution in [-0.2, 0) is 22.7 Å². The number of ether oxygens (including phenoxy) is 1. The van der Waals surface area contributed by atoms with Gasteiger partial charge in [0.05, 0.1) is 19.1 Å². The second-order valence-electron chi connectivity index (χ2n) is 9.49. The lowest BCUT2D eigenvalue weighted by Crippen LogP contribution is -2.45. The molecule has 1 amide bonds. The molecule has 0 saturated carbocycles. The smallest absolute Gasteiger partial charge is 0.327 e. The average Bonchev–Trinajstić information content (AvgIpc) is 3.27. The highest BCUT2D eigenvalue weighted by Crippen LogP contribution is 2.36. The Bertz CT molecular complexity index is 1560. The van der Waals surface area contributed by atoms with Gasteiger partial charge in [0.2, 0.25) is 0 Å².